The summed E-state index contributed by atoms with van der Waals surface area (Å²) in [5.74, 6) is 0.100. The van der Waals surface area contributed by atoms with E-state index < -0.39 is 5.97 Å². The van der Waals surface area contributed by atoms with Gasteiger partial charge >= 0.3 is 5.97 Å². The first-order valence-electron chi connectivity index (χ1n) is 8.03. The van der Waals surface area contributed by atoms with E-state index in [9.17, 15) is 4.79 Å². The summed E-state index contributed by atoms with van der Waals surface area (Å²) in [5, 5.41) is 3.28. The van der Waals surface area contributed by atoms with Crippen LogP contribution in [0, 0.1) is 0 Å². The maximum Gasteiger partial charge on any atom is 0.357 e. The first-order valence-corrected chi connectivity index (χ1v) is 8.03. The lowest BCUT2D eigenvalue weighted by Gasteiger charge is -2.09. The number of ether oxygens (including phenoxy) is 1. The minimum absolute atomic E-state index is 0.233. The van der Waals surface area contributed by atoms with Gasteiger partial charge in [0.1, 0.15) is 11.2 Å². The van der Waals surface area contributed by atoms with Crippen molar-refractivity contribution in [3.05, 3.63) is 66.5 Å². The second-order valence-corrected chi connectivity index (χ2v) is 5.48. The highest BCUT2D eigenvalue weighted by Crippen LogP contribution is 2.27. The summed E-state index contributed by atoms with van der Waals surface area (Å²) >= 11 is 0. The van der Waals surface area contributed by atoms with Crippen LogP contribution in [0.25, 0.3) is 16.7 Å². The Hall–Kier alpha value is -3.41. The Morgan fingerprint density at radius 1 is 1.12 bits per heavy atom. The highest BCUT2D eigenvalue weighted by atomic mass is 16.5. The maximum atomic E-state index is 12.2. The van der Waals surface area contributed by atoms with Crippen molar-refractivity contribution in [2.75, 3.05) is 11.9 Å². The van der Waals surface area contributed by atoms with Crippen molar-refractivity contribution < 1.29 is 9.53 Å². The predicted molar refractivity (Wildman–Crippen MR) is 96.2 cm³/mol. The summed E-state index contributed by atoms with van der Waals surface area (Å²) in [4.78, 5) is 21.2. The molecule has 4 aromatic rings. The van der Waals surface area contributed by atoms with Gasteiger partial charge in [0, 0.05) is 11.9 Å². The number of esters is 1. The molecule has 0 spiro atoms. The van der Waals surface area contributed by atoms with Crippen LogP contribution < -0.4 is 5.32 Å². The van der Waals surface area contributed by atoms with Crippen LogP contribution in [0.1, 0.15) is 17.4 Å². The van der Waals surface area contributed by atoms with Crippen LogP contribution in [0.2, 0.25) is 0 Å². The Kier molecular flexibility index (Phi) is 3.78. The zero-order chi connectivity index (χ0) is 17.2. The number of carbonyl (C=O) groups is 1. The lowest BCUT2D eigenvalue weighted by Crippen LogP contribution is -2.09. The molecule has 0 aliphatic heterocycles. The highest BCUT2D eigenvalue weighted by molar-refractivity contribution is 5.97. The molecule has 0 bridgehead atoms. The van der Waals surface area contributed by atoms with E-state index in [1.54, 1.807) is 13.0 Å². The minimum Gasteiger partial charge on any atom is -0.461 e. The molecule has 1 aromatic carbocycles. The van der Waals surface area contributed by atoms with Gasteiger partial charge in [-0.1, -0.05) is 24.3 Å². The number of aromatic nitrogens is 3. The maximum absolute atomic E-state index is 12.2. The molecule has 0 amide bonds. The van der Waals surface area contributed by atoms with Gasteiger partial charge in [-0.25, -0.2) is 14.8 Å². The zero-order valence-electron chi connectivity index (χ0n) is 13.6. The van der Waals surface area contributed by atoms with Crippen molar-refractivity contribution >= 4 is 34.2 Å². The van der Waals surface area contributed by atoms with Gasteiger partial charge in [-0.15, -0.1) is 0 Å². The fraction of sp³-hybridized carbons (Fsp3) is 0.105. The smallest absolute Gasteiger partial charge is 0.357 e. The Labute approximate surface area is 144 Å². The molecule has 0 fully saturated rings. The lowest BCUT2D eigenvalue weighted by molar-refractivity contribution is 0.0520. The summed E-state index contributed by atoms with van der Waals surface area (Å²) in [6.07, 6.45) is 1.92. The number of rotatable bonds is 4. The van der Waals surface area contributed by atoms with Gasteiger partial charge in [-0.05, 0) is 37.3 Å². The Bertz CT molecular complexity index is 1060. The standard InChI is InChI=1S/C19H16N4O2/c1-2-25-19(24)15-12-14-17(23-11-7-6-10-16(23)21-14)18(22-15)20-13-8-4-3-5-9-13/h3-12H,2H2,1H3,(H,20,22). The third-order valence-corrected chi connectivity index (χ3v) is 3.81. The molecule has 124 valence electrons. The molecule has 6 heteroatoms. The molecule has 0 unspecified atom stereocenters. The Balaban J connectivity index is 1.94. The molecule has 6 nitrogen and oxygen atoms in total. The molecule has 1 N–H and O–H groups in total. The number of hydrogen-bond donors (Lipinski definition) is 1. The first kappa shape index (κ1) is 15.1. The average Bonchev–Trinajstić information content (AvgIpc) is 3.01. The van der Waals surface area contributed by atoms with Crippen molar-refractivity contribution in [2.24, 2.45) is 0 Å². The summed E-state index contributed by atoms with van der Waals surface area (Å²) in [6, 6.07) is 17.1. The first-order chi connectivity index (χ1) is 12.3. The van der Waals surface area contributed by atoms with E-state index in [1.807, 2.05) is 59.1 Å². The van der Waals surface area contributed by atoms with Crippen molar-refractivity contribution in [3.63, 3.8) is 0 Å². The van der Waals surface area contributed by atoms with E-state index in [1.165, 1.54) is 0 Å². The number of imidazole rings is 1. The van der Waals surface area contributed by atoms with Gasteiger partial charge in [0.05, 0.1) is 12.1 Å². The number of carbonyl (C=O) groups excluding carboxylic acids is 1. The Morgan fingerprint density at radius 2 is 1.92 bits per heavy atom. The third-order valence-electron chi connectivity index (χ3n) is 3.81. The summed E-state index contributed by atoms with van der Waals surface area (Å²) in [7, 11) is 0. The quantitative estimate of drug-likeness (QED) is 0.576. The molecule has 0 aliphatic carbocycles. The highest BCUT2D eigenvalue weighted by Gasteiger charge is 2.17. The second-order valence-electron chi connectivity index (χ2n) is 5.48. The van der Waals surface area contributed by atoms with Crippen molar-refractivity contribution in [1.29, 1.82) is 0 Å². The van der Waals surface area contributed by atoms with Gasteiger partial charge in [-0.2, -0.15) is 0 Å². The average molecular weight is 332 g/mol. The van der Waals surface area contributed by atoms with E-state index >= 15 is 0 Å². The largest absolute Gasteiger partial charge is 0.461 e. The summed E-state index contributed by atoms with van der Waals surface area (Å²) in [6.45, 7) is 2.07. The van der Waals surface area contributed by atoms with Crippen molar-refractivity contribution in [3.8, 4) is 0 Å². The van der Waals surface area contributed by atoms with Crippen molar-refractivity contribution in [1.82, 2.24) is 14.4 Å². The molecule has 0 aliphatic rings. The predicted octanol–water partition coefficient (Wildman–Crippen LogP) is 3.80. The van der Waals surface area contributed by atoms with Crippen LogP contribution in [-0.4, -0.2) is 26.9 Å². The Morgan fingerprint density at radius 3 is 2.72 bits per heavy atom. The second kappa shape index (κ2) is 6.24. The molecule has 0 saturated carbocycles. The molecule has 25 heavy (non-hydrogen) atoms. The van der Waals surface area contributed by atoms with E-state index in [-0.39, 0.29) is 5.69 Å². The number of nitrogens with zero attached hydrogens (tertiary/aromatic N) is 3. The van der Waals surface area contributed by atoms with Crippen LogP contribution in [-0.2, 0) is 4.74 Å². The van der Waals surface area contributed by atoms with Crippen LogP contribution in [0.15, 0.2) is 60.8 Å². The van der Waals surface area contributed by atoms with E-state index in [0.29, 0.717) is 17.9 Å². The number of benzene rings is 1. The molecular formula is C19H16N4O2. The normalized spacial score (nSPS) is 10.9. The fourth-order valence-electron chi connectivity index (χ4n) is 2.74. The SMILES string of the molecule is CCOC(=O)c1cc2nc3ccccn3c2c(Nc2ccccc2)n1. The van der Waals surface area contributed by atoms with E-state index in [4.69, 9.17) is 4.74 Å². The molecule has 0 saturated heterocycles. The van der Waals surface area contributed by atoms with Crippen LogP contribution in [0.5, 0.6) is 0 Å². The topological polar surface area (TPSA) is 68.5 Å². The fourth-order valence-corrected chi connectivity index (χ4v) is 2.74. The molecule has 3 aromatic heterocycles. The zero-order valence-corrected chi connectivity index (χ0v) is 13.6. The van der Waals surface area contributed by atoms with Gasteiger partial charge in [-0.3, -0.25) is 4.40 Å². The molecule has 3 heterocycles. The number of anilines is 2. The lowest BCUT2D eigenvalue weighted by atomic mass is 10.2. The number of nitrogens with one attached hydrogen (secondary N) is 1. The van der Waals surface area contributed by atoms with Gasteiger partial charge < -0.3 is 10.1 Å². The van der Waals surface area contributed by atoms with Crippen molar-refractivity contribution in [2.45, 2.75) is 6.92 Å². The van der Waals surface area contributed by atoms with Gasteiger partial charge in [0.25, 0.3) is 0 Å². The van der Waals surface area contributed by atoms with Crippen LogP contribution in [0.3, 0.4) is 0 Å². The summed E-state index contributed by atoms with van der Waals surface area (Å²) in [5.41, 5.74) is 3.39. The van der Waals surface area contributed by atoms with Gasteiger partial charge in [0.2, 0.25) is 0 Å². The number of hydrogen-bond acceptors (Lipinski definition) is 5. The molecule has 0 radical (unpaired) electrons. The minimum atomic E-state index is -0.461. The van der Waals surface area contributed by atoms with E-state index in [2.05, 4.69) is 15.3 Å². The number of para-hydroxylation sites is 1. The summed E-state index contributed by atoms with van der Waals surface area (Å²) < 4.78 is 7.04. The molecule has 0 atom stereocenters. The van der Waals surface area contributed by atoms with Gasteiger partial charge in [0.15, 0.2) is 11.5 Å². The monoisotopic (exact) mass is 332 g/mol. The number of pyridine rings is 2. The molecular weight excluding hydrogens is 316 g/mol. The van der Waals surface area contributed by atoms with E-state index in [0.717, 1.165) is 16.9 Å². The van der Waals surface area contributed by atoms with Crippen LogP contribution in [0.4, 0.5) is 11.5 Å². The third kappa shape index (κ3) is 2.78. The number of fused-ring (bicyclic) bond motifs is 3. The molecule has 4 rings (SSSR count). The van der Waals surface area contributed by atoms with Crippen LogP contribution >= 0.6 is 0 Å².